The zero-order valence-corrected chi connectivity index (χ0v) is 19.5. The van der Waals surface area contributed by atoms with Crippen LogP contribution in [-0.2, 0) is 24.3 Å². The second-order valence-electron chi connectivity index (χ2n) is 7.87. The minimum Gasteiger partial charge on any atom is -0.482 e. The van der Waals surface area contributed by atoms with Gasteiger partial charge in [-0.1, -0.05) is 18.2 Å². The van der Waals surface area contributed by atoms with Crippen molar-refractivity contribution in [1.29, 1.82) is 0 Å². The van der Waals surface area contributed by atoms with Gasteiger partial charge in [0.25, 0.3) is 0 Å². The van der Waals surface area contributed by atoms with Crippen LogP contribution >= 0.6 is 0 Å². The van der Waals surface area contributed by atoms with E-state index in [1.165, 1.54) is 11.2 Å². The van der Waals surface area contributed by atoms with Crippen LogP contribution in [0.4, 0.5) is 11.4 Å². The second-order valence-corrected chi connectivity index (χ2v) is 10.2. The molecule has 0 saturated carbocycles. The quantitative estimate of drug-likeness (QED) is 0.637. The van der Waals surface area contributed by atoms with E-state index in [2.05, 4.69) is 5.32 Å². The van der Waals surface area contributed by atoms with Gasteiger partial charge in [0.15, 0.2) is 11.4 Å². The van der Waals surface area contributed by atoms with Gasteiger partial charge >= 0.3 is 5.97 Å². The third kappa shape index (κ3) is 4.43. The highest BCUT2D eigenvalue weighted by atomic mass is 32.2. The Morgan fingerprint density at radius 2 is 1.72 bits per heavy atom. The smallest absolute Gasteiger partial charge is 0.344 e. The largest absolute Gasteiger partial charge is 0.482 e. The van der Waals surface area contributed by atoms with Crippen molar-refractivity contribution in [2.24, 2.45) is 0 Å². The van der Waals surface area contributed by atoms with Crippen LogP contribution in [-0.4, -0.2) is 44.8 Å². The standard InChI is InChI=1S/C23H28N2O6S/c1-5-30-20(26)15-31-19-11-9-18(10-12-19)24-22(27)23(4)13-14-25(32(23,28)29)21-16(2)7-6-8-17(21)3/h6-12H,5,13-15H2,1-4H3,(H,24,27)/t23-/m1/s1. The van der Waals surface area contributed by atoms with Crippen LogP contribution in [0.3, 0.4) is 0 Å². The fourth-order valence-electron chi connectivity index (χ4n) is 3.71. The molecular weight excluding hydrogens is 432 g/mol. The molecule has 32 heavy (non-hydrogen) atoms. The average molecular weight is 461 g/mol. The van der Waals surface area contributed by atoms with Crippen LogP contribution in [0.25, 0.3) is 0 Å². The Balaban J connectivity index is 1.73. The van der Waals surface area contributed by atoms with Gasteiger partial charge < -0.3 is 14.8 Å². The van der Waals surface area contributed by atoms with Crippen molar-refractivity contribution in [3.63, 3.8) is 0 Å². The van der Waals surface area contributed by atoms with Crippen molar-refractivity contribution in [2.75, 3.05) is 29.4 Å². The number of para-hydroxylation sites is 1. The SMILES string of the molecule is CCOC(=O)COc1ccc(NC(=O)[C@@]2(C)CCN(c3c(C)cccc3C)S2(=O)=O)cc1. The summed E-state index contributed by atoms with van der Waals surface area (Å²) in [4.78, 5) is 24.4. The molecule has 1 amide bonds. The van der Waals surface area contributed by atoms with E-state index in [1.807, 2.05) is 32.0 Å². The van der Waals surface area contributed by atoms with Crippen molar-refractivity contribution in [2.45, 2.75) is 38.9 Å². The molecule has 0 aliphatic carbocycles. The molecule has 1 N–H and O–H groups in total. The fourth-order valence-corrected chi connectivity index (χ4v) is 5.69. The molecule has 9 heteroatoms. The minimum atomic E-state index is -3.93. The van der Waals surface area contributed by atoms with Gasteiger partial charge in [0.05, 0.1) is 12.3 Å². The Kier molecular flexibility index (Phi) is 6.78. The Hall–Kier alpha value is -3.07. The number of hydrogen-bond acceptors (Lipinski definition) is 6. The highest BCUT2D eigenvalue weighted by molar-refractivity contribution is 7.95. The number of anilines is 2. The number of nitrogens with zero attached hydrogens (tertiary/aromatic N) is 1. The summed E-state index contributed by atoms with van der Waals surface area (Å²) in [6.45, 7) is 7.18. The number of hydrogen-bond donors (Lipinski definition) is 1. The first-order valence-electron chi connectivity index (χ1n) is 10.4. The van der Waals surface area contributed by atoms with Crippen molar-refractivity contribution in [1.82, 2.24) is 0 Å². The van der Waals surface area contributed by atoms with Gasteiger partial charge in [0, 0.05) is 12.2 Å². The molecule has 8 nitrogen and oxygen atoms in total. The number of benzene rings is 2. The Morgan fingerprint density at radius 3 is 2.31 bits per heavy atom. The van der Waals surface area contributed by atoms with Gasteiger partial charge in [-0.05, 0) is 69.5 Å². The second kappa shape index (κ2) is 9.20. The summed E-state index contributed by atoms with van der Waals surface area (Å²) in [5, 5.41) is 2.70. The molecule has 1 heterocycles. The van der Waals surface area contributed by atoms with Crippen molar-refractivity contribution in [3.8, 4) is 5.75 Å². The maximum atomic E-state index is 13.4. The number of nitrogens with one attached hydrogen (secondary N) is 1. The highest BCUT2D eigenvalue weighted by Crippen LogP contribution is 2.40. The van der Waals surface area contributed by atoms with Crippen LogP contribution in [0, 0.1) is 13.8 Å². The maximum Gasteiger partial charge on any atom is 0.344 e. The first-order chi connectivity index (χ1) is 15.1. The number of carbonyl (C=O) groups excluding carboxylic acids is 2. The summed E-state index contributed by atoms with van der Waals surface area (Å²) in [6, 6.07) is 12.0. The predicted molar refractivity (Wildman–Crippen MR) is 122 cm³/mol. The summed E-state index contributed by atoms with van der Waals surface area (Å²) in [5.41, 5.74) is 2.75. The third-order valence-electron chi connectivity index (χ3n) is 5.59. The maximum absolute atomic E-state index is 13.4. The van der Waals surface area contributed by atoms with Crippen molar-refractivity contribution in [3.05, 3.63) is 53.6 Å². The number of esters is 1. The van der Waals surface area contributed by atoms with Gasteiger partial charge in [-0.15, -0.1) is 0 Å². The van der Waals surface area contributed by atoms with Crippen LogP contribution in [0.1, 0.15) is 31.4 Å². The zero-order chi connectivity index (χ0) is 23.5. The Morgan fingerprint density at radius 1 is 1.09 bits per heavy atom. The lowest BCUT2D eigenvalue weighted by atomic mass is 10.1. The fraction of sp³-hybridized carbons (Fsp3) is 0.391. The van der Waals surface area contributed by atoms with Gasteiger partial charge in [-0.2, -0.15) is 0 Å². The van der Waals surface area contributed by atoms with E-state index in [9.17, 15) is 18.0 Å². The summed E-state index contributed by atoms with van der Waals surface area (Å²) < 4.78 is 36.7. The Bertz CT molecular complexity index is 1090. The molecule has 1 fully saturated rings. The lowest BCUT2D eigenvalue weighted by Crippen LogP contribution is -2.47. The molecule has 0 bridgehead atoms. The van der Waals surface area contributed by atoms with Gasteiger partial charge in [-0.25, -0.2) is 13.2 Å². The normalized spacial score (nSPS) is 19.4. The zero-order valence-electron chi connectivity index (χ0n) is 18.7. The number of rotatable bonds is 7. The van der Waals surface area contributed by atoms with Gasteiger partial charge in [-0.3, -0.25) is 9.10 Å². The molecule has 0 aromatic heterocycles. The van der Waals surface area contributed by atoms with Crippen LogP contribution < -0.4 is 14.4 Å². The Labute approximate surface area is 188 Å². The van der Waals surface area contributed by atoms with E-state index in [0.717, 1.165) is 11.1 Å². The van der Waals surface area contributed by atoms with Crippen molar-refractivity contribution >= 4 is 33.3 Å². The molecule has 0 spiro atoms. The van der Waals surface area contributed by atoms with E-state index in [-0.39, 0.29) is 26.2 Å². The number of carbonyl (C=O) groups is 2. The molecule has 1 atom stereocenters. The van der Waals surface area contributed by atoms with E-state index in [4.69, 9.17) is 9.47 Å². The summed E-state index contributed by atoms with van der Waals surface area (Å²) >= 11 is 0. The van der Waals surface area contributed by atoms with E-state index < -0.39 is 26.6 Å². The molecule has 1 aliphatic rings. The molecule has 1 aliphatic heterocycles. The van der Waals surface area contributed by atoms with Crippen LogP contribution in [0.15, 0.2) is 42.5 Å². The first-order valence-corrected chi connectivity index (χ1v) is 11.8. The number of sulfonamides is 1. The number of amides is 1. The van der Waals surface area contributed by atoms with Crippen LogP contribution in [0.2, 0.25) is 0 Å². The molecule has 0 radical (unpaired) electrons. The number of ether oxygens (including phenoxy) is 2. The van der Waals surface area contributed by atoms with Crippen molar-refractivity contribution < 1.29 is 27.5 Å². The highest BCUT2D eigenvalue weighted by Gasteiger charge is 2.55. The minimum absolute atomic E-state index is 0.176. The van der Waals surface area contributed by atoms with E-state index >= 15 is 0 Å². The summed E-state index contributed by atoms with van der Waals surface area (Å²) in [5.74, 6) is -0.638. The predicted octanol–water partition coefficient (Wildman–Crippen LogP) is 3.18. The monoisotopic (exact) mass is 460 g/mol. The molecule has 1 saturated heterocycles. The van der Waals surface area contributed by atoms with Gasteiger partial charge in [0.1, 0.15) is 5.75 Å². The summed E-state index contributed by atoms with van der Waals surface area (Å²) in [6.07, 6.45) is 0.176. The van der Waals surface area contributed by atoms with Crippen LogP contribution in [0.5, 0.6) is 5.75 Å². The van der Waals surface area contributed by atoms with E-state index in [0.29, 0.717) is 17.1 Å². The first kappa shape index (κ1) is 23.6. The lowest BCUT2D eigenvalue weighted by Gasteiger charge is -2.27. The number of aryl methyl sites for hydroxylation is 2. The topological polar surface area (TPSA) is 102 Å². The summed E-state index contributed by atoms with van der Waals surface area (Å²) in [7, 11) is -3.93. The van der Waals surface area contributed by atoms with Gasteiger partial charge in [0.2, 0.25) is 15.9 Å². The molecule has 172 valence electrons. The average Bonchev–Trinajstić information content (AvgIpc) is 2.98. The van der Waals surface area contributed by atoms with E-state index in [1.54, 1.807) is 31.2 Å². The lowest BCUT2D eigenvalue weighted by molar-refractivity contribution is -0.145. The molecule has 2 aromatic carbocycles. The third-order valence-corrected chi connectivity index (χ3v) is 8.07. The molecule has 3 rings (SSSR count). The molecule has 0 unspecified atom stereocenters. The molecular formula is C23H28N2O6S. The molecule has 2 aromatic rings.